The second kappa shape index (κ2) is 6.27. The number of carbonyl (C=O) groups is 1. The summed E-state index contributed by atoms with van der Waals surface area (Å²) in [5.74, 6) is 0.0735. The molecule has 0 saturated heterocycles. The molecule has 1 aliphatic heterocycles. The highest BCUT2D eigenvalue weighted by atomic mass is 32.2. The van der Waals surface area contributed by atoms with E-state index in [0.717, 1.165) is 5.70 Å². The maximum absolute atomic E-state index is 13.1. The van der Waals surface area contributed by atoms with E-state index < -0.39 is 5.92 Å². The van der Waals surface area contributed by atoms with Gasteiger partial charge in [0.1, 0.15) is 11.6 Å². The van der Waals surface area contributed by atoms with Gasteiger partial charge in [0.2, 0.25) is 0 Å². The van der Waals surface area contributed by atoms with Crippen molar-refractivity contribution < 1.29 is 9.90 Å². The van der Waals surface area contributed by atoms with E-state index in [1.54, 1.807) is 18.2 Å². The molecule has 0 bridgehead atoms. The average molecular weight is 383 g/mol. The van der Waals surface area contributed by atoms with Crippen molar-refractivity contribution in [2.75, 3.05) is 11.6 Å². The molecule has 2 aliphatic rings. The number of aromatic amines is 1. The number of carbonyl (C=O) groups excluding carboxylic acids is 1. The molecule has 3 N–H and O–H groups in total. The summed E-state index contributed by atoms with van der Waals surface area (Å²) in [5.41, 5.74) is 2.13. The van der Waals surface area contributed by atoms with Gasteiger partial charge in [-0.3, -0.25) is 9.59 Å². The minimum Gasteiger partial charge on any atom is -0.508 e. The number of hydrogen-bond acceptors (Lipinski definition) is 6. The summed E-state index contributed by atoms with van der Waals surface area (Å²) < 4.78 is 0. The molecule has 140 valence electrons. The number of rotatable bonds is 2. The fourth-order valence-electron chi connectivity index (χ4n) is 4.03. The first kappa shape index (κ1) is 17.9. The van der Waals surface area contributed by atoms with Crippen LogP contribution in [0.25, 0.3) is 0 Å². The van der Waals surface area contributed by atoms with Crippen LogP contribution in [0, 0.1) is 5.41 Å². The molecule has 0 saturated carbocycles. The lowest BCUT2D eigenvalue weighted by molar-refractivity contribution is -0.118. The highest BCUT2D eigenvalue weighted by Crippen LogP contribution is 2.47. The number of aromatic hydroxyl groups is 1. The predicted molar refractivity (Wildman–Crippen MR) is 105 cm³/mol. The van der Waals surface area contributed by atoms with Crippen LogP contribution in [0.3, 0.4) is 0 Å². The predicted octanol–water partition coefficient (Wildman–Crippen LogP) is 3.40. The van der Waals surface area contributed by atoms with Crippen LogP contribution in [-0.2, 0) is 4.79 Å². The highest BCUT2D eigenvalue weighted by Gasteiger charge is 2.42. The molecule has 0 amide bonds. The monoisotopic (exact) mass is 383 g/mol. The van der Waals surface area contributed by atoms with Crippen molar-refractivity contribution in [3.8, 4) is 5.75 Å². The van der Waals surface area contributed by atoms with E-state index in [0.29, 0.717) is 40.5 Å². The molecule has 27 heavy (non-hydrogen) atoms. The second-order valence-corrected chi connectivity index (χ2v) is 8.62. The SMILES string of the molecule is CSc1nc2c(c(=O)[nH]1)[C@@H](c1cccc(O)c1)C1=C(CC(C)(C)CC1=O)N2. The number of aromatic nitrogens is 2. The molecule has 4 rings (SSSR count). The van der Waals surface area contributed by atoms with Crippen LogP contribution in [0.15, 0.2) is 45.5 Å². The number of anilines is 1. The summed E-state index contributed by atoms with van der Waals surface area (Å²) in [4.78, 5) is 33.3. The first-order chi connectivity index (χ1) is 12.8. The van der Waals surface area contributed by atoms with Gasteiger partial charge in [0.25, 0.3) is 5.56 Å². The van der Waals surface area contributed by atoms with Crippen molar-refractivity contribution in [1.82, 2.24) is 9.97 Å². The molecular formula is C20H21N3O3S. The van der Waals surface area contributed by atoms with Crippen molar-refractivity contribution in [2.24, 2.45) is 5.41 Å². The lowest BCUT2D eigenvalue weighted by Gasteiger charge is -2.38. The summed E-state index contributed by atoms with van der Waals surface area (Å²) in [6.07, 6.45) is 2.97. The average Bonchev–Trinajstić information content (AvgIpc) is 2.58. The van der Waals surface area contributed by atoms with E-state index >= 15 is 0 Å². The Kier molecular flexibility index (Phi) is 4.14. The molecule has 1 aliphatic carbocycles. The molecule has 0 unspecified atom stereocenters. The minimum atomic E-state index is -0.542. The normalized spacial score (nSPS) is 20.7. The highest BCUT2D eigenvalue weighted by molar-refractivity contribution is 7.98. The van der Waals surface area contributed by atoms with Crippen LogP contribution < -0.4 is 10.9 Å². The Morgan fingerprint density at radius 1 is 1.26 bits per heavy atom. The molecule has 1 atom stereocenters. The van der Waals surface area contributed by atoms with E-state index in [9.17, 15) is 14.7 Å². The van der Waals surface area contributed by atoms with Crippen LogP contribution in [0.2, 0.25) is 0 Å². The zero-order chi connectivity index (χ0) is 19.3. The second-order valence-electron chi connectivity index (χ2n) is 7.82. The van der Waals surface area contributed by atoms with Crippen LogP contribution in [0.1, 0.15) is 43.7 Å². The van der Waals surface area contributed by atoms with E-state index in [1.165, 1.54) is 11.8 Å². The standard InChI is InChI=1S/C20H21N3O3S/c1-20(2)8-12-15(13(25)9-20)14(10-5-4-6-11(24)7-10)16-17(21-12)22-19(27-3)23-18(16)26/h4-7,14,24H,8-9H2,1-3H3,(H2,21,22,23,26)/t14-/m0/s1. The van der Waals surface area contributed by atoms with Gasteiger partial charge < -0.3 is 15.4 Å². The Morgan fingerprint density at radius 3 is 2.74 bits per heavy atom. The number of nitrogens with zero attached hydrogens (tertiary/aromatic N) is 1. The lowest BCUT2D eigenvalue weighted by Crippen LogP contribution is -2.37. The van der Waals surface area contributed by atoms with Crippen molar-refractivity contribution in [3.05, 3.63) is 57.0 Å². The molecule has 1 aromatic carbocycles. The Balaban J connectivity index is 1.99. The first-order valence-electron chi connectivity index (χ1n) is 8.79. The number of fused-ring (bicyclic) bond motifs is 1. The maximum atomic E-state index is 13.1. The van der Waals surface area contributed by atoms with Gasteiger partial charge in [0, 0.05) is 23.6 Å². The number of phenols is 1. The molecule has 0 fully saturated rings. The number of hydrogen-bond donors (Lipinski definition) is 3. The lowest BCUT2D eigenvalue weighted by atomic mass is 9.69. The molecule has 1 aromatic heterocycles. The third-order valence-electron chi connectivity index (χ3n) is 5.10. The van der Waals surface area contributed by atoms with E-state index in [1.807, 2.05) is 12.3 Å². The Labute approximate surface area is 161 Å². The Morgan fingerprint density at radius 2 is 2.04 bits per heavy atom. The smallest absolute Gasteiger partial charge is 0.257 e. The quantitative estimate of drug-likeness (QED) is 0.543. The van der Waals surface area contributed by atoms with E-state index in [-0.39, 0.29) is 22.5 Å². The number of Topliss-reactive ketones (excluding diaryl/α,β-unsaturated/α-hetero) is 1. The molecule has 0 spiro atoms. The van der Waals surface area contributed by atoms with Gasteiger partial charge in [-0.25, -0.2) is 4.98 Å². The molecular weight excluding hydrogens is 362 g/mol. The largest absolute Gasteiger partial charge is 0.508 e. The van der Waals surface area contributed by atoms with Gasteiger partial charge in [-0.2, -0.15) is 0 Å². The Bertz CT molecular complexity index is 1040. The van der Waals surface area contributed by atoms with Gasteiger partial charge in [0.05, 0.1) is 5.56 Å². The fourth-order valence-corrected chi connectivity index (χ4v) is 4.40. The number of phenolic OH excluding ortho intramolecular Hbond substituents is 1. The number of benzene rings is 1. The molecule has 6 nitrogen and oxygen atoms in total. The minimum absolute atomic E-state index is 0.0288. The van der Waals surface area contributed by atoms with Crippen LogP contribution >= 0.6 is 11.8 Å². The van der Waals surface area contributed by atoms with E-state index in [2.05, 4.69) is 29.1 Å². The van der Waals surface area contributed by atoms with Crippen LogP contribution in [-0.4, -0.2) is 27.1 Å². The van der Waals surface area contributed by atoms with E-state index in [4.69, 9.17) is 0 Å². The van der Waals surface area contributed by atoms with Gasteiger partial charge >= 0.3 is 0 Å². The van der Waals surface area contributed by atoms with Gasteiger partial charge in [-0.05, 0) is 35.8 Å². The van der Waals surface area contributed by atoms with Crippen LogP contribution in [0.4, 0.5) is 5.82 Å². The zero-order valence-corrected chi connectivity index (χ0v) is 16.2. The number of nitrogens with one attached hydrogen (secondary N) is 2. The van der Waals surface area contributed by atoms with Crippen molar-refractivity contribution in [1.29, 1.82) is 0 Å². The van der Waals surface area contributed by atoms with Gasteiger partial charge in [0.15, 0.2) is 10.9 Å². The third-order valence-corrected chi connectivity index (χ3v) is 5.68. The van der Waals surface area contributed by atoms with Crippen molar-refractivity contribution in [3.63, 3.8) is 0 Å². The van der Waals surface area contributed by atoms with Crippen LogP contribution in [0.5, 0.6) is 5.75 Å². The van der Waals surface area contributed by atoms with Crippen molar-refractivity contribution in [2.45, 2.75) is 37.8 Å². The fraction of sp³-hybridized carbons (Fsp3) is 0.350. The molecule has 0 radical (unpaired) electrons. The number of thioether (sulfide) groups is 1. The summed E-state index contributed by atoms with van der Waals surface area (Å²) in [6, 6.07) is 6.74. The summed E-state index contributed by atoms with van der Waals surface area (Å²) in [6.45, 7) is 4.13. The first-order valence-corrected chi connectivity index (χ1v) is 10.0. The van der Waals surface area contributed by atoms with Gasteiger partial charge in [-0.1, -0.05) is 37.7 Å². The maximum Gasteiger partial charge on any atom is 0.257 e. The van der Waals surface area contributed by atoms with Gasteiger partial charge in [-0.15, -0.1) is 0 Å². The third kappa shape index (κ3) is 3.06. The Hall–Kier alpha value is -2.54. The summed E-state index contributed by atoms with van der Waals surface area (Å²) in [5, 5.41) is 13.8. The molecule has 2 heterocycles. The molecule has 7 heteroatoms. The topological polar surface area (TPSA) is 95.1 Å². The zero-order valence-electron chi connectivity index (χ0n) is 15.4. The number of allylic oxidation sites excluding steroid dienone is 2. The summed E-state index contributed by atoms with van der Waals surface area (Å²) >= 11 is 1.36. The molecule has 2 aromatic rings. The number of H-pyrrole nitrogens is 1. The van der Waals surface area contributed by atoms with Crippen molar-refractivity contribution >= 4 is 23.4 Å². The number of ketones is 1. The summed E-state index contributed by atoms with van der Waals surface area (Å²) in [7, 11) is 0.